The molecular weight excluding hydrogens is 267 g/mol. The van der Waals surface area contributed by atoms with Crippen molar-refractivity contribution < 1.29 is 9.18 Å². The first kappa shape index (κ1) is 17.6. The molecule has 0 saturated heterocycles. The number of aryl methyl sites for hydroxylation is 2. The number of nitrogens with two attached hydrogens (primary N) is 1. The minimum Gasteiger partial charge on any atom is -0.352 e. The van der Waals surface area contributed by atoms with Gasteiger partial charge in [0.1, 0.15) is 5.82 Å². The summed E-state index contributed by atoms with van der Waals surface area (Å²) in [6.07, 6.45) is 1.41. The summed E-state index contributed by atoms with van der Waals surface area (Å²) >= 11 is 0. The molecule has 0 heterocycles. The van der Waals surface area contributed by atoms with Crippen LogP contribution in [0.15, 0.2) is 12.1 Å². The number of hydrogen-bond acceptors (Lipinski definition) is 2. The van der Waals surface area contributed by atoms with Crippen molar-refractivity contribution in [3.8, 4) is 0 Å². The monoisotopic (exact) mass is 294 g/mol. The van der Waals surface area contributed by atoms with E-state index in [9.17, 15) is 9.18 Å². The van der Waals surface area contributed by atoms with E-state index in [0.717, 1.165) is 12.0 Å². The van der Waals surface area contributed by atoms with Gasteiger partial charge in [0.2, 0.25) is 5.91 Å². The first-order chi connectivity index (χ1) is 9.83. The first-order valence-electron chi connectivity index (χ1n) is 7.55. The molecule has 0 aromatic heterocycles. The number of nitrogens with one attached hydrogen (secondary N) is 1. The molecule has 0 bridgehead atoms. The molecule has 0 aliphatic heterocycles. The van der Waals surface area contributed by atoms with Crippen LogP contribution in [0.3, 0.4) is 0 Å². The normalized spacial score (nSPS) is 12.5. The van der Waals surface area contributed by atoms with Crippen molar-refractivity contribution in [1.29, 1.82) is 0 Å². The molecule has 0 spiro atoms. The van der Waals surface area contributed by atoms with Gasteiger partial charge in [-0.2, -0.15) is 0 Å². The predicted octanol–water partition coefficient (Wildman–Crippen LogP) is 3.07. The second kappa shape index (κ2) is 8.13. The summed E-state index contributed by atoms with van der Waals surface area (Å²) in [6, 6.07) is 3.55. The van der Waals surface area contributed by atoms with E-state index >= 15 is 0 Å². The summed E-state index contributed by atoms with van der Waals surface area (Å²) in [5.74, 6) is 0.589. The van der Waals surface area contributed by atoms with E-state index < -0.39 is 0 Å². The van der Waals surface area contributed by atoms with Gasteiger partial charge in [-0.3, -0.25) is 4.79 Å². The van der Waals surface area contributed by atoms with Crippen molar-refractivity contribution >= 4 is 5.91 Å². The zero-order valence-corrected chi connectivity index (χ0v) is 13.5. The lowest BCUT2D eigenvalue weighted by Gasteiger charge is -2.16. The molecule has 3 N–H and O–H groups in total. The summed E-state index contributed by atoms with van der Waals surface area (Å²) in [5.41, 5.74) is 7.86. The number of rotatable bonds is 7. The van der Waals surface area contributed by atoms with Crippen LogP contribution in [0.25, 0.3) is 0 Å². The van der Waals surface area contributed by atoms with Crippen LogP contribution in [0, 0.1) is 31.5 Å². The standard InChI is InChI=1S/C17H27FN2O/c1-11(2)5-14(9-19)8-16(21)20-10-15-6-12(3)17(18)13(4)7-15/h6-7,11,14H,5,8-10,19H2,1-4H3,(H,20,21). The minimum atomic E-state index is -0.176. The van der Waals surface area contributed by atoms with Gasteiger partial charge in [-0.15, -0.1) is 0 Å². The average Bonchev–Trinajstić information content (AvgIpc) is 2.41. The van der Waals surface area contributed by atoms with Gasteiger partial charge in [0.05, 0.1) is 0 Å². The minimum absolute atomic E-state index is 0.00531. The van der Waals surface area contributed by atoms with Crippen LogP contribution in [0.4, 0.5) is 4.39 Å². The topological polar surface area (TPSA) is 55.1 Å². The van der Waals surface area contributed by atoms with Crippen molar-refractivity contribution in [3.05, 3.63) is 34.6 Å². The Balaban J connectivity index is 2.53. The molecule has 1 rings (SSSR count). The van der Waals surface area contributed by atoms with Crippen LogP contribution in [-0.2, 0) is 11.3 Å². The number of benzene rings is 1. The summed E-state index contributed by atoms with van der Waals surface area (Å²) in [7, 11) is 0. The van der Waals surface area contributed by atoms with Crippen LogP contribution in [0.1, 0.15) is 43.4 Å². The molecule has 1 aromatic carbocycles. The first-order valence-corrected chi connectivity index (χ1v) is 7.55. The van der Waals surface area contributed by atoms with Crippen LogP contribution >= 0.6 is 0 Å². The SMILES string of the molecule is Cc1cc(CNC(=O)CC(CN)CC(C)C)cc(C)c1F. The molecule has 0 aliphatic carbocycles. The van der Waals surface area contributed by atoms with Crippen molar-refractivity contribution in [2.75, 3.05) is 6.54 Å². The molecular formula is C17H27FN2O. The van der Waals surface area contributed by atoms with E-state index in [1.54, 1.807) is 26.0 Å². The lowest BCUT2D eigenvalue weighted by molar-refractivity contribution is -0.122. The van der Waals surface area contributed by atoms with E-state index in [1.807, 2.05) is 0 Å². The molecule has 0 fully saturated rings. The second-order valence-corrected chi connectivity index (χ2v) is 6.26. The molecule has 1 atom stereocenters. The van der Waals surface area contributed by atoms with E-state index in [1.165, 1.54) is 0 Å². The van der Waals surface area contributed by atoms with Gasteiger partial charge in [0, 0.05) is 13.0 Å². The molecule has 3 nitrogen and oxygen atoms in total. The molecule has 21 heavy (non-hydrogen) atoms. The quantitative estimate of drug-likeness (QED) is 0.812. The summed E-state index contributed by atoms with van der Waals surface area (Å²) in [4.78, 5) is 12.0. The zero-order valence-electron chi connectivity index (χ0n) is 13.5. The highest BCUT2D eigenvalue weighted by Gasteiger charge is 2.14. The number of amides is 1. The van der Waals surface area contributed by atoms with E-state index in [2.05, 4.69) is 19.2 Å². The van der Waals surface area contributed by atoms with Gasteiger partial charge in [-0.05, 0) is 55.3 Å². The Morgan fingerprint density at radius 2 is 1.86 bits per heavy atom. The molecule has 0 radical (unpaired) electrons. The Hall–Kier alpha value is -1.42. The maximum Gasteiger partial charge on any atom is 0.220 e. The molecule has 1 amide bonds. The number of hydrogen-bond donors (Lipinski definition) is 2. The predicted molar refractivity (Wildman–Crippen MR) is 84.3 cm³/mol. The zero-order chi connectivity index (χ0) is 16.0. The van der Waals surface area contributed by atoms with Gasteiger partial charge in [-0.1, -0.05) is 26.0 Å². The van der Waals surface area contributed by atoms with Crippen molar-refractivity contribution in [3.63, 3.8) is 0 Å². The van der Waals surface area contributed by atoms with E-state index in [0.29, 0.717) is 36.6 Å². The van der Waals surface area contributed by atoms with E-state index in [-0.39, 0.29) is 17.6 Å². The summed E-state index contributed by atoms with van der Waals surface area (Å²) < 4.78 is 13.5. The number of halogens is 1. The second-order valence-electron chi connectivity index (χ2n) is 6.26. The maximum atomic E-state index is 13.5. The maximum absolute atomic E-state index is 13.5. The van der Waals surface area contributed by atoms with Crippen LogP contribution in [0.2, 0.25) is 0 Å². The third-order valence-corrected chi connectivity index (χ3v) is 3.60. The lowest BCUT2D eigenvalue weighted by Crippen LogP contribution is -2.28. The Bertz CT molecular complexity index is 463. The fourth-order valence-electron chi connectivity index (χ4n) is 2.60. The van der Waals surface area contributed by atoms with Gasteiger partial charge < -0.3 is 11.1 Å². The summed E-state index contributed by atoms with van der Waals surface area (Å²) in [6.45, 7) is 8.69. The molecule has 0 saturated carbocycles. The highest BCUT2D eigenvalue weighted by molar-refractivity contribution is 5.76. The molecule has 0 aliphatic rings. The van der Waals surface area contributed by atoms with Gasteiger partial charge in [0.15, 0.2) is 0 Å². The fourth-order valence-corrected chi connectivity index (χ4v) is 2.60. The average molecular weight is 294 g/mol. The Morgan fingerprint density at radius 1 is 1.29 bits per heavy atom. The summed E-state index contributed by atoms with van der Waals surface area (Å²) in [5, 5.41) is 2.89. The third-order valence-electron chi connectivity index (χ3n) is 3.60. The van der Waals surface area contributed by atoms with Crippen molar-refractivity contribution in [2.24, 2.45) is 17.6 Å². The number of carbonyl (C=O) groups is 1. The third kappa shape index (κ3) is 5.84. The molecule has 1 unspecified atom stereocenters. The van der Waals surface area contributed by atoms with E-state index in [4.69, 9.17) is 5.73 Å². The number of carbonyl (C=O) groups excluding carboxylic acids is 1. The Labute approximate surface area is 127 Å². The Kier molecular flexibility index (Phi) is 6.82. The van der Waals surface area contributed by atoms with Crippen molar-refractivity contribution in [1.82, 2.24) is 5.32 Å². The van der Waals surface area contributed by atoms with Crippen LogP contribution < -0.4 is 11.1 Å². The molecule has 118 valence electrons. The highest BCUT2D eigenvalue weighted by atomic mass is 19.1. The largest absolute Gasteiger partial charge is 0.352 e. The Morgan fingerprint density at radius 3 is 2.33 bits per heavy atom. The van der Waals surface area contributed by atoms with Crippen LogP contribution in [0.5, 0.6) is 0 Å². The van der Waals surface area contributed by atoms with Gasteiger partial charge >= 0.3 is 0 Å². The van der Waals surface area contributed by atoms with Gasteiger partial charge in [-0.25, -0.2) is 4.39 Å². The molecule has 4 heteroatoms. The fraction of sp³-hybridized carbons (Fsp3) is 0.588. The highest BCUT2D eigenvalue weighted by Crippen LogP contribution is 2.16. The lowest BCUT2D eigenvalue weighted by atomic mass is 9.94. The van der Waals surface area contributed by atoms with Crippen LogP contribution in [-0.4, -0.2) is 12.5 Å². The van der Waals surface area contributed by atoms with Gasteiger partial charge in [0.25, 0.3) is 0 Å². The smallest absolute Gasteiger partial charge is 0.220 e. The van der Waals surface area contributed by atoms with Crippen molar-refractivity contribution in [2.45, 2.75) is 47.1 Å². The molecule has 1 aromatic rings.